The third-order valence-electron chi connectivity index (χ3n) is 4.43. The fourth-order valence-corrected chi connectivity index (χ4v) is 2.69. The van der Waals surface area contributed by atoms with Crippen molar-refractivity contribution in [3.05, 3.63) is 83.8 Å². The van der Waals surface area contributed by atoms with E-state index in [1.807, 2.05) is 19.9 Å². The van der Waals surface area contributed by atoms with E-state index in [1.165, 1.54) is 0 Å². The number of rotatable bonds is 8. The highest BCUT2D eigenvalue weighted by molar-refractivity contribution is 6.09. The molecule has 0 saturated carbocycles. The van der Waals surface area contributed by atoms with Gasteiger partial charge in [-0.15, -0.1) is 0 Å². The van der Waals surface area contributed by atoms with Gasteiger partial charge in [0.25, 0.3) is 11.8 Å². The van der Waals surface area contributed by atoms with Crippen LogP contribution in [0.1, 0.15) is 46.7 Å². The second-order valence-corrected chi connectivity index (χ2v) is 6.63. The molecule has 1 heterocycles. The standard InChI is InChI=1S/C23H24N2O4/c1-3-16(2)29-18-9-6-8-17(14-18)22(26)25-21-12-5-4-11-20(21)23(27)24-15-19-10-7-13-28-19/h4-14,16H,3,15H2,1-2H3,(H,24,27)(H,25,26). The van der Waals surface area contributed by atoms with Crippen LogP contribution in [0.4, 0.5) is 5.69 Å². The Morgan fingerprint density at radius 1 is 1.03 bits per heavy atom. The molecule has 1 unspecified atom stereocenters. The van der Waals surface area contributed by atoms with Crippen LogP contribution < -0.4 is 15.4 Å². The molecule has 1 aromatic heterocycles. The summed E-state index contributed by atoms with van der Waals surface area (Å²) in [4.78, 5) is 25.3. The molecule has 0 spiro atoms. The number of anilines is 1. The van der Waals surface area contributed by atoms with Crippen molar-refractivity contribution in [3.63, 3.8) is 0 Å². The Morgan fingerprint density at radius 2 is 1.86 bits per heavy atom. The molecule has 0 aliphatic carbocycles. The van der Waals surface area contributed by atoms with E-state index in [4.69, 9.17) is 9.15 Å². The second-order valence-electron chi connectivity index (χ2n) is 6.63. The average Bonchev–Trinajstić information content (AvgIpc) is 3.26. The fourth-order valence-electron chi connectivity index (χ4n) is 2.69. The van der Waals surface area contributed by atoms with E-state index in [-0.39, 0.29) is 24.5 Å². The van der Waals surface area contributed by atoms with Crippen molar-refractivity contribution in [2.45, 2.75) is 32.9 Å². The van der Waals surface area contributed by atoms with Gasteiger partial charge in [0.1, 0.15) is 11.5 Å². The number of benzene rings is 2. The molecule has 6 heteroatoms. The molecule has 2 aromatic carbocycles. The molecule has 150 valence electrons. The van der Waals surface area contributed by atoms with Crippen LogP contribution in [-0.2, 0) is 6.54 Å². The van der Waals surface area contributed by atoms with Crippen molar-refractivity contribution in [3.8, 4) is 5.75 Å². The van der Waals surface area contributed by atoms with Crippen LogP contribution in [0.5, 0.6) is 5.75 Å². The summed E-state index contributed by atoms with van der Waals surface area (Å²) in [6, 6.07) is 17.4. The number of carbonyl (C=O) groups is 2. The van der Waals surface area contributed by atoms with Crippen molar-refractivity contribution in [1.82, 2.24) is 5.32 Å². The quantitative estimate of drug-likeness (QED) is 0.585. The lowest BCUT2D eigenvalue weighted by molar-refractivity contribution is 0.0949. The van der Waals surface area contributed by atoms with Gasteiger partial charge in [-0.05, 0) is 55.8 Å². The number of nitrogens with one attached hydrogen (secondary N) is 2. The number of para-hydroxylation sites is 1. The number of furan rings is 1. The highest BCUT2D eigenvalue weighted by atomic mass is 16.5. The van der Waals surface area contributed by atoms with Crippen LogP contribution in [0.2, 0.25) is 0 Å². The Kier molecular flexibility index (Phi) is 6.68. The highest BCUT2D eigenvalue weighted by Gasteiger charge is 2.15. The van der Waals surface area contributed by atoms with Gasteiger partial charge < -0.3 is 19.8 Å². The van der Waals surface area contributed by atoms with Crippen LogP contribution in [0.3, 0.4) is 0 Å². The maximum Gasteiger partial charge on any atom is 0.255 e. The summed E-state index contributed by atoms with van der Waals surface area (Å²) in [7, 11) is 0. The molecule has 29 heavy (non-hydrogen) atoms. The van der Waals surface area contributed by atoms with Gasteiger partial charge in [-0.2, -0.15) is 0 Å². The normalized spacial score (nSPS) is 11.5. The molecule has 1 atom stereocenters. The molecule has 3 rings (SSSR count). The molecule has 0 fully saturated rings. The molecule has 2 N–H and O–H groups in total. The van der Waals surface area contributed by atoms with E-state index in [0.29, 0.717) is 28.3 Å². The summed E-state index contributed by atoms with van der Waals surface area (Å²) in [5.41, 5.74) is 1.26. The largest absolute Gasteiger partial charge is 0.491 e. The summed E-state index contributed by atoms with van der Waals surface area (Å²) >= 11 is 0. The van der Waals surface area contributed by atoms with Gasteiger partial charge >= 0.3 is 0 Å². The first kappa shape index (κ1) is 20.2. The molecule has 3 aromatic rings. The minimum Gasteiger partial charge on any atom is -0.491 e. The Bertz CT molecular complexity index is 967. The minimum absolute atomic E-state index is 0.0619. The monoisotopic (exact) mass is 392 g/mol. The summed E-state index contributed by atoms with van der Waals surface area (Å²) < 4.78 is 11.0. The second kappa shape index (κ2) is 9.59. The van der Waals surface area contributed by atoms with Crippen molar-refractivity contribution in [2.24, 2.45) is 0 Å². The summed E-state index contributed by atoms with van der Waals surface area (Å²) in [6.07, 6.45) is 2.48. The molecule has 0 aliphatic rings. The van der Waals surface area contributed by atoms with Gasteiger partial charge in [-0.25, -0.2) is 0 Å². The average molecular weight is 392 g/mol. The van der Waals surface area contributed by atoms with Gasteiger partial charge in [0.2, 0.25) is 0 Å². The topological polar surface area (TPSA) is 80.6 Å². The molecule has 0 aliphatic heterocycles. The maximum absolute atomic E-state index is 12.7. The highest BCUT2D eigenvalue weighted by Crippen LogP contribution is 2.19. The molecule has 0 bridgehead atoms. The van der Waals surface area contributed by atoms with Crippen molar-refractivity contribution >= 4 is 17.5 Å². The van der Waals surface area contributed by atoms with Gasteiger partial charge in [0.15, 0.2) is 0 Å². The zero-order valence-electron chi connectivity index (χ0n) is 16.5. The number of hydrogen-bond acceptors (Lipinski definition) is 4. The van der Waals surface area contributed by atoms with Gasteiger partial charge in [-0.3, -0.25) is 9.59 Å². The van der Waals surface area contributed by atoms with Gasteiger partial charge in [0.05, 0.1) is 30.2 Å². The molecule has 0 saturated heterocycles. The third kappa shape index (κ3) is 5.48. The zero-order chi connectivity index (χ0) is 20.6. The molecule has 0 radical (unpaired) electrons. The number of ether oxygens (including phenoxy) is 1. The summed E-state index contributed by atoms with van der Waals surface area (Å²) in [5.74, 6) is 0.673. The SMILES string of the molecule is CCC(C)Oc1cccc(C(=O)Nc2ccccc2C(=O)NCc2ccco2)c1. The van der Waals surface area contributed by atoms with E-state index in [2.05, 4.69) is 10.6 Å². The van der Waals surface area contributed by atoms with Crippen LogP contribution in [0.15, 0.2) is 71.3 Å². The van der Waals surface area contributed by atoms with E-state index < -0.39 is 0 Å². The number of carbonyl (C=O) groups excluding carboxylic acids is 2. The molecular weight excluding hydrogens is 368 g/mol. The lowest BCUT2D eigenvalue weighted by Crippen LogP contribution is -2.24. The van der Waals surface area contributed by atoms with E-state index in [0.717, 1.165) is 6.42 Å². The van der Waals surface area contributed by atoms with Crippen molar-refractivity contribution in [2.75, 3.05) is 5.32 Å². The fraction of sp³-hybridized carbons (Fsp3) is 0.217. The van der Waals surface area contributed by atoms with Crippen LogP contribution >= 0.6 is 0 Å². The lowest BCUT2D eigenvalue weighted by Gasteiger charge is -2.14. The third-order valence-corrected chi connectivity index (χ3v) is 4.43. The van der Waals surface area contributed by atoms with Gasteiger partial charge in [-0.1, -0.05) is 25.1 Å². The van der Waals surface area contributed by atoms with E-state index >= 15 is 0 Å². The lowest BCUT2D eigenvalue weighted by atomic mass is 10.1. The van der Waals surface area contributed by atoms with Gasteiger partial charge in [0, 0.05) is 5.56 Å². The first-order valence-electron chi connectivity index (χ1n) is 9.54. The molecule has 2 amide bonds. The minimum atomic E-state index is -0.314. The van der Waals surface area contributed by atoms with E-state index in [9.17, 15) is 9.59 Å². The van der Waals surface area contributed by atoms with Crippen molar-refractivity contribution < 1.29 is 18.7 Å². The number of hydrogen-bond donors (Lipinski definition) is 2. The Balaban J connectivity index is 1.71. The molecular formula is C23H24N2O4. The summed E-state index contributed by atoms with van der Waals surface area (Å²) in [5, 5.41) is 5.60. The Morgan fingerprint density at radius 3 is 2.62 bits per heavy atom. The first-order chi connectivity index (χ1) is 14.1. The Hall–Kier alpha value is -3.54. The maximum atomic E-state index is 12.7. The van der Waals surface area contributed by atoms with Crippen LogP contribution in [0, 0.1) is 0 Å². The Labute approximate surface area is 169 Å². The van der Waals surface area contributed by atoms with E-state index in [1.54, 1.807) is 60.9 Å². The smallest absolute Gasteiger partial charge is 0.255 e. The van der Waals surface area contributed by atoms with Crippen LogP contribution in [0.25, 0.3) is 0 Å². The molecule has 6 nitrogen and oxygen atoms in total. The predicted octanol–water partition coefficient (Wildman–Crippen LogP) is 4.64. The zero-order valence-corrected chi connectivity index (χ0v) is 16.5. The number of amides is 2. The summed E-state index contributed by atoms with van der Waals surface area (Å²) in [6.45, 7) is 4.28. The van der Waals surface area contributed by atoms with Crippen molar-refractivity contribution in [1.29, 1.82) is 0 Å². The predicted molar refractivity (Wildman–Crippen MR) is 111 cm³/mol. The van der Waals surface area contributed by atoms with Crippen LogP contribution in [-0.4, -0.2) is 17.9 Å². The first-order valence-corrected chi connectivity index (χ1v) is 9.54.